The Morgan fingerprint density at radius 2 is 2.40 bits per heavy atom. The van der Waals surface area contributed by atoms with Crippen molar-refractivity contribution < 1.29 is 0 Å². The maximum atomic E-state index is 5.50. The second kappa shape index (κ2) is 1.96. The molecule has 0 heterocycles. The van der Waals surface area contributed by atoms with Crippen LogP contribution < -0.4 is 5.73 Å². The monoisotopic (exact) mass is 135 g/mol. The number of hydrogen-bond acceptors (Lipinski definition) is 1. The number of hydrogen-bond donors (Lipinski definition) is 1. The van der Waals surface area contributed by atoms with Crippen LogP contribution >= 0.6 is 0 Å². The minimum atomic E-state index is 0.763. The molecule has 2 rings (SSSR count). The molecule has 2 N–H and O–H groups in total. The molecule has 0 radical (unpaired) electrons. The molecule has 54 valence electrons. The highest BCUT2D eigenvalue weighted by molar-refractivity contribution is 5.43. The molecule has 0 aromatic rings. The third kappa shape index (κ3) is 0.739. The van der Waals surface area contributed by atoms with Crippen LogP contribution in [0.15, 0.2) is 23.3 Å². The lowest BCUT2D eigenvalue weighted by Gasteiger charge is -2.23. The fraction of sp³-hybridized carbons (Fsp3) is 0.556. The molecule has 2 aliphatic rings. The van der Waals surface area contributed by atoms with Gasteiger partial charge in [0, 0.05) is 12.5 Å². The van der Waals surface area contributed by atoms with Crippen LogP contribution in [0, 0.1) is 11.8 Å². The van der Waals surface area contributed by atoms with Crippen molar-refractivity contribution in [3.63, 3.8) is 0 Å². The topological polar surface area (TPSA) is 26.0 Å². The van der Waals surface area contributed by atoms with Gasteiger partial charge in [-0.15, -0.1) is 0 Å². The van der Waals surface area contributed by atoms with E-state index in [4.69, 9.17) is 5.73 Å². The van der Waals surface area contributed by atoms with E-state index in [9.17, 15) is 0 Å². The highest BCUT2D eigenvalue weighted by Gasteiger charge is 2.32. The molecular weight excluding hydrogens is 122 g/mol. The molecule has 0 spiro atoms. The second-order valence-corrected chi connectivity index (χ2v) is 3.28. The fourth-order valence-electron chi connectivity index (χ4n) is 1.62. The average Bonchev–Trinajstić information content (AvgIpc) is 2.64. The molecule has 0 fully saturated rings. The van der Waals surface area contributed by atoms with Crippen LogP contribution in [-0.2, 0) is 0 Å². The summed E-state index contributed by atoms with van der Waals surface area (Å²) in [5.41, 5.74) is 8.63. The zero-order valence-corrected chi connectivity index (χ0v) is 6.30. The van der Waals surface area contributed by atoms with E-state index in [0.717, 1.165) is 18.4 Å². The van der Waals surface area contributed by atoms with Gasteiger partial charge >= 0.3 is 0 Å². The summed E-state index contributed by atoms with van der Waals surface area (Å²) < 4.78 is 0. The van der Waals surface area contributed by atoms with Gasteiger partial charge in [0.15, 0.2) is 0 Å². The van der Waals surface area contributed by atoms with Crippen molar-refractivity contribution in [3.05, 3.63) is 23.3 Å². The third-order valence-corrected chi connectivity index (χ3v) is 2.57. The molecule has 10 heavy (non-hydrogen) atoms. The molecule has 0 aliphatic heterocycles. The summed E-state index contributed by atoms with van der Waals surface area (Å²) in [6.45, 7) is 3.05. The van der Waals surface area contributed by atoms with E-state index in [2.05, 4.69) is 19.1 Å². The van der Waals surface area contributed by atoms with Crippen LogP contribution in [0.25, 0.3) is 0 Å². The Morgan fingerprint density at radius 3 is 2.70 bits per heavy atom. The van der Waals surface area contributed by atoms with Crippen LogP contribution in [0.3, 0.4) is 0 Å². The van der Waals surface area contributed by atoms with Crippen molar-refractivity contribution in [2.45, 2.75) is 13.3 Å². The quantitative estimate of drug-likeness (QED) is 0.570. The van der Waals surface area contributed by atoms with Crippen molar-refractivity contribution >= 4 is 0 Å². The summed E-state index contributed by atoms with van der Waals surface area (Å²) >= 11 is 0. The summed E-state index contributed by atoms with van der Waals surface area (Å²) in [7, 11) is 0. The van der Waals surface area contributed by atoms with Crippen LogP contribution in [0.5, 0.6) is 0 Å². The minimum Gasteiger partial charge on any atom is -0.327 e. The predicted molar refractivity (Wildman–Crippen MR) is 42.5 cm³/mol. The smallest absolute Gasteiger partial charge is 0.0143 e. The van der Waals surface area contributed by atoms with Gasteiger partial charge in [0.25, 0.3) is 0 Å². The molecule has 1 heteroatoms. The third-order valence-electron chi connectivity index (χ3n) is 2.57. The lowest BCUT2D eigenvalue weighted by atomic mass is 9.82. The van der Waals surface area contributed by atoms with Gasteiger partial charge in [0.2, 0.25) is 0 Å². The van der Waals surface area contributed by atoms with Gasteiger partial charge in [-0.1, -0.05) is 30.2 Å². The fourth-order valence-corrected chi connectivity index (χ4v) is 1.62. The first-order valence-corrected chi connectivity index (χ1v) is 3.92. The highest BCUT2D eigenvalue weighted by atomic mass is 14.6. The second-order valence-electron chi connectivity index (χ2n) is 3.28. The minimum absolute atomic E-state index is 0.763. The molecule has 0 aromatic carbocycles. The SMILES string of the molecule is C[C@@H]1C=CC1C1=C(CN)C1. The molecule has 0 saturated heterocycles. The van der Waals surface area contributed by atoms with Gasteiger partial charge in [-0.25, -0.2) is 0 Å². The first-order valence-electron chi connectivity index (χ1n) is 3.92. The number of nitrogens with two attached hydrogens (primary N) is 1. The lowest BCUT2D eigenvalue weighted by molar-refractivity contribution is 0.535. The first-order chi connectivity index (χ1) is 4.83. The van der Waals surface area contributed by atoms with Gasteiger partial charge < -0.3 is 5.73 Å². The van der Waals surface area contributed by atoms with E-state index in [-0.39, 0.29) is 0 Å². The van der Waals surface area contributed by atoms with E-state index in [1.165, 1.54) is 12.0 Å². The maximum Gasteiger partial charge on any atom is 0.0143 e. The molecular formula is C9H13N. The molecule has 2 atom stereocenters. The molecule has 2 aliphatic carbocycles. The van der Waals surface area contributed by atoms with Gasteiger partial charge in [0.1, 0.15) is 0 Å². The van der Waals surface area contributed by atoms with E-state index in [0.29, 0.717) is 0 Å². The van der Waals surface area contributed by atoms with Crippen LogP contribution in [-0.4, -0.2) is 6.54 Å². The zero-order chi connectivity index (χ0) is 7.14. The van der Waals surface area contributed by atoms with Crippen LogP contribution in [0.1, 0.15) is 13.3 Å². The first kappa shape index (κ1) is 6.17. The molecule has 0 amide bonds. The maximum absolute atomic E-state index is 5.50. The largest absolute Gasteiger partial charge is 0.327 e. The Morgan fingerprint density at radius 1 is 1.60 bits per heavy atom. The Labute approximate surface area is 61.6 Å². The average molecular weight is 135 g/mol. The summed E-state index contributed by atoms with van der Waals surface area (Å²) in [6, 6.07) is 0. The summed E-state index contributed by atoms with van der Waals surface area (Å²) in [5, 5.41) is 0. The molecule has 0 aromatic heterocycles. The lowest BCUT2D eigenvalue weighted by Crippen LogP contribution is -2.13. The van der Waals surface area contributed by atoms with Crippen LogP contribution in [0.4, 0.5) is 0 Å². The molecule has 0 bridgehead atoms. The zero-order valence-electron chi connectivity index (χ0n) is 6.30. The van der Waals surface area contributed by atoms with Crippen molar-refractivity contribution in [3.8, 4) is 0 Å². The van der Waals surface area contributed by atoms with E-state index in [1.807, 2.05) is 0 Å². The number of rotatable bonds is 2. The Bertz CT molecular complexity index is 213. The molecule has 0 saturated carbocycles. The summed E-state index contributed by atoms with van der Waals surface area (Å²) in [6.07, 6.45) is 5.78. The Hall–Kier alpha value is -0.560. The normalized spacial score (nSPS) is 36.2. The Kier molecular flexibility index (Phi) is 1.21. The summed E-state index contributed by atoms with van der Waals surface area (Å²) in [5.74, 6) is 1.54. The van der Waals surface area contributed by atoms with Gasteiger partial charge in [0.05, 0.1) is 0 Å². The van der Waals surface area contributed by atoms with Gasteiger partial charge in [-0.2, -0.15) is 0 Å². The molecule has 1 unspecified atom stereocenters. The predicted octanol–water partition coefficient (Wildman–Crippen LogP) is 1.47. The highest BCUT2D eigenvalue weighted by Crippen LogP contribution is 2.44. The van der Waals surface area contributed by atoms with E-state index >= 15 is 0 Å². The van der Waals surface area contributed by atoms with Crippen molar-refractivity contribution in [1.82, 2.24) is 0 Å². The van der Waals surface area contributed by atoms with Crippen molar-refractivity contribution in [2.24, 2.45) is 17.6 Å². The standard InChI is InChI=1S/C9H13N/c1-6-2-3-8(6)9-4-7(9)5-10/h2-3,6,8H,4-5,10H2,1H3/t6-,8?/m1/s1. The molecule has 1 nitrogen and oxygen atoms in total. The van der Waals surface area contributed by atoms with E-state index < -0.39 is 0 Å². The van der Waals surface area contributed by atoms with E-state index in [1.54, 1.807) is 5.57 Å². The van der Waals surface area contributed by atoms with Crippen LogP contribution in [0.2, 0.25) is 0 Å². The van der Waals surface area contributed by atoms with Crippen molar-refractivity contribution in [1.29, 1.82) is 0 Å². The Balaban J connectivity index is 2.04. The number of allylic oxidation sites excluding steroid dienone is 3. The van der Waals surface area contributed by atoms with Crippen molar-refractivity contribution in [2.75, 3.05) is 6.54 Å². The van der Waals surface area contributed by atoms with Gasteiger partial charge in [-0.3, -0.25) is 0 Å². The van der Waals surface area contributed by atoms with Gasteiger partial charge in [-0.05, 0) is 12.3 Å². The summed E-state index contributed by atoms with van der Waals surface area (Å²) in [4.78, 5) is 0.